The van der Waals surface area contributed by atoms with Crippen molar-refractivity contribution in [3.05, 3.63) is 66.0 Å². The predicted octanol–water partition coefficient (Wildman–Crippen LogP) is 3.89. The van der Waals surface area contributed by atoms with Gasteiger partial charge in [0.2, 0.25) is 11.8 Å². The lowest BCUT2D eigenvalue weighted by molar-refractivity contribution is -0.122. The lowest BCUT2D eigenvalue weighted by Crippen LogP contribution is -2.28. The van der Waals surface area contributed by atoms with E-state index in [0.29, 0.717) is 23.9 Å². The van der Waals surface area contributed by atoms with Gasteiger partial charge in [-0.15, -0.1) is 0 Å². The van der Waals surface area contributed by atoms with Crippen LogP contribution in [0.2, 0.25) is 0 Å². The molecule has 1 unspecified atom stereocenters. The molecule has 8 nitrogen and oxygen atoms in total. The van der Waals surface area contributed by atoms with Crippen LogP contribution in [0, 0.1) is 19.8 Å². The Morgan fingerprint density at radius 1 is 1.00 bits per heavy atom. The molecule has 0 bridgehead atoms. The standard InChI is InChI=1S/C25H28N6O2/c1-16-5-11-21(12-6-16)31-15-18(13-24(31)32)25(33)29-20-9-7-19(8-10-20)28-22-14-23(30(3)4)27-17(2)26-22/h5-12,14,18H,13,15H2,1-4H3,(H,29,33)(H,26,27,28). The van der Waals surface area contributed by atoms with Crippen molar-refractivity contribution in [3.8, 4) is 0 Å². The van der Waals surface area contributed by atoms with E-state index in [1.165, 1.54) is 0 Å². The molecule has 1 atom stereocenters. The number of hydrogen-bond donors (Lipinski definition) is 2. The van der Waals surface area contributed by atoms with Gasteiger partial charge in [0, 0.05) is 50.2 Å². The fourth-order valence-electron chi connectivity index (χ4n) is 3.73. The second-order valence-electron chi connectivity index (χ2n) is 8.49. The molecular formula is C25H28N6O2. The highest BCUT2D eigenvalue weighted by Gasteiger charge is 2.35. The van der Waals surface area contributed by atoms with Crippen LogP contribution in [0.1, 0.15) is 17.8 Å². The maximum absolute atomic E-state index is 12.8. The van der Waals surface area contributed by atoms with Gasteiger partial charge in [-0.3, -0.25) is 9.59 Å². The summed E-state index contributed by atoms with van der Waals surface area (Å²) in [5.41, 5.74) is 3.48. The first-order valence-electron chi connectivity index (χ1n) is 10.9. The van der Waals surface area contributed by atoms with Crippen molar-refractivity contribution in [2.45, 2.75) is 20.3 Å². The van der Waals surface area contributed by atoms with Crippen LogP contribution in [0.3, 0.4) is 0 Å². The molecule has 170 valence electrons. The number of anilines is 5. The maximum Gasteiger partial charge on any atom is 0.229 e. The third kappa shape index (κ3) is 5.28. The van der Waals surface area contributed by atoms with Crippen molar-refractivity contribution in [1.82, 2.24) is 9.97 Å². The van der Waals surface area contributed by atoms with Crippen LogP contribution in [0.4, 0.5) is 28.7 Å². The molecule has 1 aliphatic heterocycles. The predicted molar refractivity (Wildman–Crippen MR) is 131 cm³/mol. The summed E-state index contributed by atoms with van der Waals surface area (Å²) >= 11 is 0. The lowest BCUT2D eigenvalue weighted by atomic mass is 10.1. The molecule has 0 saturated carbocycles. The largest absolute Gasteiger partial charge is 0.363 e. The molecule has 1 saturated heterocycles. The molecule has 0 aliphatic carbocycles. The Bertz CT molecular complexity index is 1160. The molecule has 0 spiro atoms. The molecule has 4 rings (SSSR count). The Balaban J connectivity index is 1.38. The highest BCUT2D eigenvalue weighted by Crippen LogP contribution is 2.27. The lowest BCUT2D eigenvalue weighted by Gasteiger charge is -2.17. The van der Waals surface area contributed by atoms with E-state index in [0.717, 1.165) is 22.8 Å². The number of nitrogens with zero attached hydrogens (tertiary/aromatic N) is 4. The number of carbonyl (C=O) groups is 2. The molecule has 1 fully saturated rings. The summed E-state index contributed by atoms with van der Waals surface area (Å²) in [6.45, 7) is 4.24. The Hall–Kier alpha value is -3.94. The van der Waals surface area contributed by atoms with Gasteiger partial charge in [-0.25, -0.2) is 9.97 Å². The summed E-state index contributed by atoms with van der Waals surface area (Å²) in [6.07, 6.45) is 0.209. The average Bonchev–Trinajstić information content (AvgIpc) is 3.17. The first-order chi connectivity index (χ1) is 15.8. The van der Waals surface area contributed by atoms with Gasteiger partial charge >= 0.3 is 0 Å². The van der Waals surface area contributed by atoms with Crippen LogP contribution in [0.25, 0.3) is 0 Å². The third-order valence-electron chi connectivity index (χ3n) is 5.55. The smallest absolute Gasteiger partial charge is 0.229 e. The SMILES string of the molecule is Cc1ccc(N2CC(C(=O)Nc3ccc(Nc4cc(N(C)C)nc(C)n4)cc3)CC2=O)cc1. The number of rotatable bonds is 6. The highest BCUT2D eigenvalue weighted by molar-refractivity contribution is 6.03. The van der Waals surface area contributed by atoms with E-state index in [-0.39, 0.29) is 24.2 Å². The Kier molecular flexibility index (Phi) is 6.26. The topological polar surface area (TPSA) is 90.5 Å². The van der Waals surface area contributed by atoms with Crippen LogP contribution < -0.4 is 20.4 Å². The van der Waals surface area contributed by atoms with Gasteiger partial charge in [-0.05, 0) is 50.2 Å². The molecule has 8 heteroatoms. The van der Waals surface area contributed by atoms with Crippen molar-refractivity contribution in [3.63, 3.8) is 0 Å². The van der Waals surface area contributed by atoms with E-state index in [4.69, 9.17) is 0 Å². The summed E-state index contributed by atoms with van der Waals surface area (Å²) < 4.78 is 0. The van der Waals surface area contributed by atoms with Crippen LogP contribution in [0.5, 0.6) is 0 Å². The Labute approximate surface area is 193 Å². The molecule has 2 amide bonds. The fraction of sp³-hybridized carbons (Fsp3) is 0.280. The molecule has 3 aromatic rings. The van der Waals surface area contributed by atoms with Gasteiger partial charge in [-0.1, -0.05) is 17.7 Å². The number of amides is 2. The summed E-state index contributed by atoms with van der Waals surface area (Å²) in [4.78, 5) is 37.7. The number of aromatic nitrogens is 2. The molecule has 1 aromatic heterocycles. The molecular weight excluding hydrogens is 416 g/mol. The second kappa shape index (κ2) is 9.28. The average molecular weight is 445 g/mol. The fourth-order valence-corrected chi connectivity index (χ4v) is 3.73. The van der Waals surface area contributed by atoms with Crippen molar-refractivity contribution in [1.29, 1.82) is 0 Å². The molecule has 0 radical (unpaired) electrons. The summed E-state index contributed by atoms with van der Waals surface area (Å²) in [5.74, 6) is 1.63. The minimum Gasteiger partial charge on any atom is -0.363 e. The zero-order valence-electron chi connectivity index (χ0n) is 19.3. The van der Waals surface area contributed by atoms with E-state index in [9.17, 15) is 9.59 Å². The van der Waals surface area contributed by atoms with Gasteiger partial charge in [0.25, 0.3) is 0 Å². The van der Waals surface area contributed by atoms with Gasteiger partial charge < -0.3 is 20.4 Å². The number of aryl methyl sites for hydroxylation is 2. The first kappa shape index (κ1) is 22.3. The van der Waals surface area contributed by atoms with Gasteiger partial charge in [0.05, 0.1) is 5.92 Å². The van der Waals surface area contributed by atoms with Crippen LogP contribution >= 0.6 is 0 Å². The number of nitrogens with one attached hydrogen (secondary N) is 2. The van der Waals surface area contributed by atoms with Crippen molar-refractivity contribution >= 4 is 40.5 Å². The zero-order chi connectivity index (χ0) is 23.5. The summed E-state index contributed by atoms with van der Waals surface area (Å²) in [5, 5.41) is 6.20. The maximum atomic E-state index is 12.8. The van der Waals surface area contributed by atoms with Crippen molar-refractivity contribution in [2.24, 2.45) is 5.92 Å². The molecule has 2 aromatic carbocycles. The van der Waals surface area contributed by atoms with Crippen LogP contribution in [-0.4, -0.2) is 42.4 Å². The first-order valence-corrected chi connectivity index (χ1v) is 10.9. The monoisotopic (exact) mass is 444 g/mol. The minimum atomic E-state index is -0.384. The van der Waals surface area contributed by atoms with E-state index in [2.05, 4.69) is 20.6 Å². The number of benzene rings is 2. The summed E-state index contributed by atoms with van der Waals surface area (Å²) in [6, 6.07) is 17.1. The Morgan fingerprint density at radius 2 is 1.67 bits per heavy atom. The van der Waals surface area contributed by atoms with E-state index < -0.39 is 0 Å². The Morgan fingerprint density at radius 3 is 2.33 bits per heavy atom. The zero-order valence-corrected chi connectivity index (χ0v) is 19.3. The molecule has 2 N–H and O–H groups in total. The van der Waals surface area contributed by atoms with Crippen molar-refractivity contribution in [2.75, 3.05) is 41.1 Å². The van der Waals surface area contributed by atoms with E-state index in [1.807, 2.05) is 87.4 Å². The van der Waals surface area contributed by atoms with Crippen LogP contribution in [-0.2, 0) is 9.59 Å². The minimum absolute atomic E-state index is 0.0317. The van der Waals surface area contributed by atoms with Gasteiger partial charge in [-0.2, -0.15) is 0 Å². The van der Waals surface area contributed by atoms with Crippen molar-refractivity contribution < 1.29 is 9.59 Å². The quantitative estimate of drug-likeness (QED) is 0.599. The van der Waals surface area contributed by atoms with Crippen LogP contribution in [0.15, 0.2) is 54.6 Å². The highest BCUT2D eigenvalue weighted by atomic mass is 16.2. The number of hydrogen-bond acceptors (Lipinski definition) is 6. The third-order valence-corrected chi connectivity index (χ3v) is 5.55. The number of carbonyl (C=O) groups excluding carboxylic acids is 2. The summed E-state index contributed by atoms with van der Waals surface area (Å²) in [7, 11) is 3.86. The second-order valence-corrected chi connectivity index (χ2v) is 8.49. The molecule has 33 heavy (non-hydrogen) atoms. The molecule has 1 aliphatic rings. The van der Waals surface area contributed by atoms with E-state index in [1.54, 1.807) is 4.90 Å². The van der Waals surface area contributed by atoms with Gasteiger partial charge in [0.15, 0.2) is 0 Å². The molecule has 2 heterocycles. The van der Waals surface area contributed by atoms with Gasteiger partial charge in [0.1, 0.15) is 17.5 Å². The normalized spacial score (nSPS) is 15.5. The van der Waals surface area contributed by atoms with E-state index >= 15 is 0 Å².